The van der Waals surface area contributed by atoms with Gasteiger partial charge in [0.1, 0.15) is 0 Å². The molecule has 2 aliphatic rings. The minimum atomic E-state index is 0.161. The van der Waals surface area contributed by atoms with E-state index in [1.54, 1.807) is 0 Å². The molecule has 1 aliphatic carbocycles. The molecule has 2 nitrogen and oxygen atoms in total. The predicted octanol–water partition coefficient (Wildman–Crippen LogP) is 4.96. The number of carbonyl (C=O) groups excluding carboxylic acids is 1. The average molecular weight is 322 g/mol. The van der Waals surface area contributed by atoms with Crippen LogP contribution in [0.3, 0.4) is 0 Å². The quantitative estimate of drug-likeness (QED) is 0.751. The number of nitrogens with one attached hydrogen (secondary N) is 1. The second kappa shape index (κ2) is 6.25. The Labute approximate surface area is 135 Å². The van der Waals surface area contributed by atoms with Gasteiger partial charge in [-0.15, -0.1) is 23.5 Å². The Morgan fingerprint density at radius 3 is 2.62 bits per heavy atom. The van der Waals surface area contributed by atoms with Crippen molar-refractivity contribution in [2.45, 2.75) is 49.5 Å². The molecule has 0 saturated carbocycles. The van der Waals surface area contributed by atoms with Gasteiger partial charge in [-0.1, -0.05) is 26.0 Å². The molecule has 1 aromatic carbocycles. The molecule has 0 unspecified atom stereocenters. The summed E-state index contributed by atoms with van der Waals surface area (Å²) in [5.41, 5.74) is 3.95. The maximum Gasteiger partial charge on any atom is 0.224 e. The van der Waals surface area contributed by atoms with E-state index in [0.29, 0.717) is 12.3 Å². The number of benzene rings is 1. The molecule has 3 rings (SSSR count). The number of anilines is 1. The Bertz CT molecular complexity index is 536. The summed E-state index contributed by atoms with van der Waals surface area (Å²) in [6.45, 7) is 4.50. The summed E-state index contributed by atoms with van der Waals surface area (Å²) in [7, 11) is 0. The van der Waals surface area contributed by atoms with Gasteiger partial charge in [0.25, 0.3) is 0 Å². The van der Waals surface area contributed by atoms with Gasteiger partial charge in [0.15, 0.2) is 0 Å². The molecular formula is C17H23NOS2. The summed E-state index contributed by atoms with van der Waals surface area (Å²) >= 11 is 4.19. The van der Waals surface area contributed by atoms with Crippen LogP contribution in [0, 0.1) is 0 Å². The monoisotopic (exact) mass is 321 g/mol. The fourth-order valence-electron chi connectivity index (χ4n) is 3.43. The molecule has 4 heteroatoms. The molecular weight excluding hydrogens is 298 g/mol. The van der Waals surface area contributed by atoms with Crippen LogP contribution in [0.5, 0.6) is 0 Å². The first-order valence-electron chi connectivity index (χ1n) is 7.91. The van der Waals surface area contributed by atoms with Gasteiger partial charge >= 0.3 is 0 Å². The topological polar surface area (TPSA) is 29.1 Å². The number of amides is 1. The van der Waals surface area contributed by atoms with Gasteiger partial charge in [-0.05, 0) is 53.9 Å². The maximum atomic E-state index is 11.9. The Kier molecular flexibility index (Phi) is 4.55. The summed E-state index contributed by atoms with van der Waals surface area (Å²) in [5, 5.41) is 3.06. The molecule has 1 heterocycles. The molecule has 1 aliphatic heterocycles. The van der Waals surface area contributed by atoms with E-state index in [-0.39, 0.29) is 9.99 Å². The van der Waals surface area contributed by atoms with Gasteiger partial charge in [-0.2, -0.15) is 0 Å². The predicted molar refractivity (Wildman–Crippen MR) is 94.2 cm³/mol. The molecule has 0 bridgehead atoms. The van der Waals surface area contributed by atoms with Crippen LogP contribution in [0.4, 0.5) is 5.69 Å². The largest absolute Gasteiger partial charge is 0.326 e. The number of thioether (sulfide) groups is 2. The molecule has 1 atom stereocenters. The Balaban J connectivity index is 2.01. The third kappa shape index (κ3) is 2.72. The smallest absolute Gasteiger partial charge is 0.224 e. The molecule has 0 aromatic heterocycles. The van der Waals surface area contributed by atoms with Gasteiger partial charge in [0.2, 0.25) is 5.91 Å². The van der Waals surface area contributed by atoms with Crippen LogP contribution >= 0.6 is 23.5 Å². The normalized spacial score (nSPS) is 22.0. The molecule has 0 saturated heterocycles. The van der Waals surface area contributed by atoms with Crippen molar-refractivity contribution in [2.75, 3.05) is 16.8 Å². The van der Waals surface area contributed by atoms with Crippen molar-refractivity contribution in [3.63, 3.8) is 0 Å². The first-order valence-corrected chi connectivity index (χ1v) is 9.88. The van der Waals surface area contributed by atoms with Crippen molar-refractivity contribution >= 4 is 35.1 Å². The minimum Gasteiger partial charge on any atom is -0.326 e. The Morgan fingerprint density at radius 1 is 1.24 bits per heavy atom. The van der Waals surface area contributed by atoms with Crippen molar-refractivity contribution in [3.05, 3.63) is 29.3 Å². The lowest BCUT2D eigenvalue weighted by atomic mass is 9.92. The highest BCUT2D eigenvalue weighted by atomic mass is 32.2. The van der Waals surface area contributed by atoms with E-state index in [0.717, 1.165) is 12.1 Å². The highest BCUT2D eigenvalue weighted by Crippen LogP contribution is 2.62. The van der Waals surface area contributed by atoms with Crippen molar-refractivity contribution in [1.29, 1.82) is 0 Å². The zero-order valence-corrected chi connectivity index (χ0v) is 14.4. The lowest BCUT2D eigenvalue weighted by Crippen LogP contribution is -2.21. The van der Waals surface area contributed by atoms with Crippen LogP contribution in [0.15, 0.2) is 18.2 Å². The van der Waals surface area contributed by atoms with E-state index in [9.17, 15) is 4.79 Å². The van der Waals surface area contributed by atoms with E-state index in [1.165, 1.54) is 35.5 Å². The SMILES string of the molecule is CCCSC1(SCCC)C[C@H]2CC(=O)Nc3cccc1c32. The zero-order chi connectivity index (χ0) is 14.9. The van der Waals surface area contributed by atoms with Crippen molar-refractivity contribution in [2.24, 2.45) is 0 Å². The average Bonchev–Trinajstić information content (AvgIpc) is 2.79. The molecule has 21 heavy (non-hydrogen) atoms. The fourth-order valence-corrected chi connectivity index (χ4v) is 6.64. The molecule has 1 N–H and O–H groups in total. The van der Waals surface area contributed by atoms with Gasteiger partial charge in [-0.3, -0.25) is 4.79 Å². The standard InChI is InChI=1S/C17H23NOS2/c1-3-8-20-17(21-9-4-2)11-12-10-15(19)18-14-7-5-6-13(17)16(12)14/h5-7,12H,3-4,8-11H2,1-2H3,(H,18,19)/t12-/m1/s1. The van der Waals surface area contributed by atoms with E-state index in [4.69, 9.17) is 0 Å². The highest BCUT2D eigenvalue weighted by molar-refractivity contribution is 8.17. The summed E-state index contributed by atoms with van der Waals surface area (Å²) in [4.78, 5) is 11.9. The lowest BCUT2D eigenvalue weighted by Gasteiger charge is -2.29. The number of hydrogen-bond acceptors (Lipinski definition) is 3. The summed E-state index contributed by atoms with van der Waals surface area (Å²) < 4.78 is 0.161. The third-order valence-electron chi connectivity index (χ3n) is 4.22. The Morgan fingerprint density at radius 2 is 1.95 bits per heavy atom. The highest BCUT2D eigenvalue weighted by Gasteiger charge is 2.47. The fraction of sp³-hybridized carbons (Fsp3) is 0.588. The number of carbonyl (C=O) groups is 1. The van der Waals surface area contributed by atoms with Gasteiger partial charge < -0.3 is 5.32 Å². The summed E-state index contributed by atoms with van der Waals surface area (Å²) in [5.74, 6) is 2.98. The van der Waals surface area contributed by atoms with E-state index < -0.39 is 0 Å². The molecule has 1 aromatic rings. The molecule has 0 spiro atoms. The molecule has 1 amide bonds. The third-order valence-corrected chi connectivity index (χ3v) is 7.86. The molecule has 0 fully saturated rings. The van der Waals surface area contributed by atoms with Crippen LogP contribution in [-0.2, 0) is 8.87 Å². The van der Waals surface area contributed by atoms with E-state index >= 15 is 0 Å². The van der Waals surface area contributed by atoms with Gasteiger partial charge in [0.05, 0.1) is 4.08 Å². The van der Waals surface area contributed by atoms with Crippen molar-refractivity contribution in [3.8, 4) is 0 Å². The molecule has 0 radical (unpaired) electrons. The van der Waals surface area contributed by atoms with Crippen LogP contribution in [0.2, 0.25) is 0 Å². The second-order valence-corrected chi connectivity index (χ2v) is 8.92. The second-order valence-electron chi connectivity index (χ2n) is 5.87. The van der Waals surface area contributed by atoms with Gasteiger partial charge in [0, 0.05) is 12.1 Å². The van der Waals surface area contributed by atoms with Crippen LogP contribution in [-0.4, -0.2) is 17.4 Å². The zero-order valence-electron chi connectivity index (χ0n) is 12.8. The van der Waals surface area contributed by atoms with Gasteiger partial charge in [-0.25, -0.2) is 0 Å². The summed E-state index contributed by atoms with van der Waals surface area (Å²) in [6.07, 6.45) is 4.18. The maximum absolute atomic E-state index is 11.9. The lowest BCUT2D eigenvalue weighted by molar-refractivity contribution is -0.116. The van der Waals surface area contributed by atoms with Crippen LogP contribution < -0.4 is 5.32 Å². The molecule has 114 valence electrons. The van der Waals surface area contributed by atoms with E-state index in [2.05, 4.69) is 60.9 Å². The Hall–Kier alpha value is -0.610. The summed E-state index contributed by atoms with van der Waals surface area (Å²) in [6, 6.07) is 6.46. The van der Waals surface area contributed by atoms with Crippen LogP contribution in [0.1, 0.15) is 56.6 Å². The van der Waals surface area contributed by atoms with E-state index in [1.807, 2.05) is 0 Å². The number of rotatable bonds is 6. The van der Waals surface area contributed by atoms with Crippen LogP contribution in [0.25, 0.3) is 0 Å². The number of hydrogen-bond donors (Lipinski definition) is 1. The first kappa shape index (κ1) is 15.3. The first-order chi connectivity index (χ1) is 10.2. The minimum absolute atomic E-state index is 0.161. The van der Waals surface area contributed by atoms with Crippen molar-refractivity contribution in [1.82, 2.24) is 0 Å². The van der Waals surface area contributed by atoms with Crippen molar-refractivity contribution < 1.29 is 4.79 Å².